The highest BCUT2D eigenvalue weighted by atomic mass is 32.1. The Morgan fingerprint density at radius 3 is 2.38 bits per heavy atom. The molecule has 2 fully saturated rings. The lowest BCUT2D eigenvalue weighted by Crippen LogP contribution is -2.35. The molecule has 2 rings (SSSR count). The van der Waals surface area contributed by atoms with Gasteiger partial charge < -0.3 is 14.5 Å². The summed E-state index contributed by atoms with van der Waals surface area (Å²) in [6, 6.07) is 0. The molecule has 2 saturated heterocycles. The number of piperidine rings is 1. The van der Waals surface area contributed by atoms with Crippen molar-refractivity contribution in [1.82, 2.24) is 9.80 Å². The minimum absolute atomic E-state index is 0.834. The first-order chi connectivity index (χ1) is 7.86. The van der Waals surface area contributed by atoms with E-state index in [2.05, 4.69) is 22.1 Å². The van der Waals surface area contributed by atoms with Gasteiger partial charge in [-0.15, -0.1) is 0 Å². The highest BCUT2D eigenvalue weighted by Crippen LogP contribution is 2.10. The standard InChI is InChI=1S/C12H20N2OS/c16-12(14-5-2-1-3-6-14)4-7-13-8-10-15-11-9-13/h4,7H,1-3,5-6,8-11H2/b7-4+. The van der Waals surface area contributed by atoms with Crippen LogP contribution in [0.2, 0.25) is 0 Å². The third-order valence-corrected chi connectivity index (χ3v) is 3.54. The predicted octanol–water partition coefficient (Wildman–Crippen LogP) is 1.65. The molecule has 2 heterocycles. The Balaban J connectivity index is 1.78. The van der Waals surface area contributed by atoms with Crippen molar-refractivity contribution in [2.24, 2.45) is 0 Å². The first-order valence-corrected chi connectivity index (χ1v) is 6.56. The van der Waals surface area contributed by atoms with Crippen LogP contribution in [0.15, 0.2) is 12.3 Å². The van der Waals surface area contributed by atoms with Gasteiger partial charge in [-0.1, -0.05) is 12.2 Å². The zero-order valence-corrected chi connectivity index (χ0v) is 10.5. The fourth-order valence-corrected chi connectivity index (χ4v) is 2.36. The molecule has 0 aromatic carbocycles. The quantitative estimate of drug-likeness (QED) is 0.538. The molecule has 90 valence electrons. The van der Waals surface area contributed by atoms with E-state index < -0.39 is 0 Å². The van der Waals surface area contributed by atoms with E-state index in [9.17, 15) is 0 Å². The Labute approximate surface area is 103 Å². The summed E-state index contributed by atoms with van der Waals surface area (Å²) in [6.45, 7) is 5.90. The monoisotopic (exact) mass is 240 g/mol. The van der Waals surface area contributed by atoms with E-state index in [1.807, 2.05) is 0 Å². The zero-order chi connectivity index (χ0) is 11.2. The summed E-state index contributed by atoms with van der Waals surface area (Å²) in [7, 11) is 0. The SMILES string of the molecule is S=C(/C=C/N1CCOCC1)N1CCCCC1. The summed E-state index contributed by atoms with van der Waals surface area (Å²) in [5.41, 5.74) is 0. The van der Waals surface area contributed by atoms with Crippen molar-refractivity contribution in [3.8, 4) is 0 Å². The predicted molar refractivity (Wildman–Crippen MR) is 69.6 cm³/mol. The summed E-state index contributed by atoms with van der Waals surface area (Å²) in [5.74, 6) is 0. The summed E-state index contributed by atoms with van der Waals surface area (Å²) in [4.78, 5) is 5.58. The second-order valence-electron chi connectivity index (χ2n) is 4.35. The van der Waals surface area contributed by atoms with Gasteiger partial charge in [0, 0.05) is 32.4 Å². The highest BCUT2D eigenvalue weighted by Gasteiger charge is 2.11. The van der Waals surface area contributed by atoms with Crippen LogP contribution in [0.1, 0.15) is 19.3 Å². The fraction of sp³-hybridized carbons (Fsp3) is 0.750. The van der Waals surface area contributed by atoms with Crippen molar-refractivity contribution in [2.45, 2.75) is 19.3 Å². The van der Waals surface area contributed by atoms with Crippen LogP contribution in [0.5, 0.6) is 0 Å². The fourth-order valence-electron chi connectivity index (χ4n) is 2.12. The van der Waals surface area contributed by atoms with Crippen LogP contribution in [-0.4, -0.2) is 54.2 Å². The van der Waals surface area contributed by atoms with Gasteiger partial charge in [0.15, 0.2) is 0 Å². The Morgan fingerprint density at radius 2 is 1.69 bits per heavy atom. The molecule has 0 amide bonds. The van der Waals surface area contributed by atoms with Crippen LogP contribution in [0.25, 0.3) is 0 Å². The molecule has 0 aliphatic carbocycles. The average molecular weight is 240 g/mol. The first-order valence-electron chi connectivity index (χ1n) is 6.15. The molecule has 3 nitrogen and oxygen atoms in total. The third kappa shape index (κ3) is 3.46. The molecule has 2 aliphatic heterocycles. The van der Waals surface area contributed by atoms with E-state index in [4.69, 9.17) is 17.0 Å². The summed E-state index contributed by atoms with van der Waals surface area (Å²) in [6.07, 6.45) is 8.12. The van der Waals surface area contributed by atoms with Crippen molar-refractivity contribution in [1.29, 1.82) is 0 Å². The molecular formula is C12H20N2OS. The van der Waals surface area contributed by atoms with Crippen molar-refractivity contribution in [3.63, 3.8) is 0 Å². The molecule has 16 heavy (non-hydrogen) atoms. The average Bonchev–Trinajstić information content (AvgIpc) is 2.38. The van der Waals surface area contributed by atoms with Gasteiger partial charge in [0.2, 0.25) is 0 Å². The Morgan fingerprint density at radius 1 is 1.00 bits per heavy atom. The molecule has 0 saturated carbocycles. The number of nitrogens with zero attached hydrogens (tertiary/aromatic N) is 2. The van der Waals surface area contributed by atoms with Crippen molar-refractivity contribution >= 4 is 17.2 Å². The minimum Gasteiger partial charge on any atom is -0.378 e. The van der Waals surface area contributed by atoms with Crippen LogP contribution in [0.3, 0.4) is 0 Å². The Kier molecular flexibility index (Phi) is 4.60. The van der Waals surface area contributed by atoms with Crippen LogP contribution < -0.4 is 0 Å². The van der Waals surface area contributed by atoms with Gasteiger partial charge >= 0.3 is 0 Å². The van der Waals surface area contributed by atoms with Gasteiger partial charge in [0.25, 0.3) is 0 Å². The van der Waals surface area contributed by atoms with Gasteiger partial charge in [-0.05, 0) is 25.3 Å². The van der Waals surface area contributed by atoms with Gasteiger partial charge in [0.1, 0.15) is 4.99 Å². The van der Waals surface area contributed by atoms with E-state index in [1.54, 1.807) is 0 Å². The number of ether oxygens (including phenoxy) is 1. The molecule has 0 spiro atoms. The zero-order valence-electron chi connectivity index (χ0n) is 9.73. The van der Waals surface area contributed by atoms with Crippen LogP contribution in [0.4, 0.5) is 0 Å². The van der Waals surface area contributed by atoms with Crippen LogP contribution in [-0.2, 0) is 4.74 Å². The van der Waals surface area contributed by atoms with Crippen molar-refractivity contribution < 1.29 is 4.74 Å². The molecule has 0 N–H and O–H groups in total. The first kappa shape index (κ1) is 11.9. The Bertz CT molecular complexity index is 256. The highest BCUT2D eigenvalue weighted by molar-refractivity contribution is 7.80. The van der Waals surface area contributed by atoms with Crippen molar-refractivity contribution in [2.75, 3.05) is 39.4 Å². The van der Waals surface area contributed by atoms with Gasteiger partial charge in [-0.3, -0.25) is 0 Å². The number of thiocarbonyl (C=S) groups is 1. The third-order valence-electron chi connectivity index (χ3n) is 3.14. The Hall–Kier alpha value is -0.610. The normalized spacial score (nSPS) is 22.8. The molecule has 0 unspecified atom stereocenters. The maximum Gasteiger partial charge on any atom is 0.103 e. The summed E-state index contributed by atoms with van der Waals surface area (Å²) < 4.78 is 5.30. The lowest BCUT2D eigenvalue weighted by molar-refractivity contribution is 0.0594. The lowest BCUT2D eigenvalue weighted by Gasteiger charge is -2.29. The van der Waals surface area contributed by atoms with Crippen LogP contribution in [0, 0.1) is 0 Å². The summed E-state index contributed by atoms with van der Waals surface area (Å²) >= 11 is 5.42. The second-order valence-corrected chi connectivity index (χ2v) is 4.77. The molecular weight excluding hydrogens is 220 g/mol. The molecule has 2 aliphatic rings. The molecule has 0 aromatic rings. The second kappa shape index (κ2) is 6.21. The van der Waals surface area contributed by atoms with E-state index in [0.29, 0.717) is 0 Å². The maximum absolute atomic E-state index is 5.42. The van der Waals surface area contributed by atoms with Gasteiger partial charge in [-0.25, -0.2) is 0 Å². The molecule has 0 bridgehead atoms. The largest absolute Gasteiger partial charge is 0.378 e. The topological polar surface area (TPSA) is 15.7 Å². The number of hydrogen-bond acceptors (Lipinski definition) is 3. The lowest BCUT2D eigenvalue weighted by atomic mass is 10.1. The van der Waals surface area contributed by atoms with Crippen LogP contribution >= 0.6 is 12.2 Å². The maximum atomic E-state index is 5.42. The number of likely N-dealkylation sites (tertiary alicyclic amines) is 1. The number of hydrogen-bond donors (Lipinski definition) is 0. The molecule has 0 aromatic heterocycles. The van der Waals surface area contributed by atoms with E-state index >= 15 is 0 Å². The van der Waals surface area contributed by atoms with Crippen molar-refractivity contribution in [3.05, 3.63) is 12.3 Å². The smallest absolute Gasteiger partial charge is 0.103 e. The summed E-state index contributed by atoms with van der Waals surface area (Å²) in [5, 5.41) is 0. The molecule has 0 radical (unpaired) electrons. The van der Waals surface area contributed by atoms with Gasteiger partial charge in [0.05, 0.1) is 13.2 Å². The minimum atomic E-state index is 0.834. The number of morpholine rings is 1. The van der Waals surface area contributed by atoms with E-state index in [1.165, 1.54) is 19.3 Å². The van der Waals surface area contributed by atoms with E-state index in [0.717, 1.165) is 44.4 Å². The number of rotatable bonds is 2. The van der Waals surface area contributed by atoms with E-state index in [-0.39, 0.29) is 0 Å². The molecule has 4 heteroatoms. The van der Waals surface area contributed by atoms with Gasteiger partial charge in [-0.2, -0.15) is 0 Å². The molecule has 0 atom stereocenters.